The molecular formula is C11H14BrN3. The maximum atomic E-state index is 5.88. The average molecular weight is 268 g/mol. The van der Waals surface area contributed by atoms with Gasteiger partial charge in [-0.05, 0) is 28.1 Å². The van der Waals surface area contributed by atoms with Crippen molar-refractivity contribution < 1.29 is 0 Å². The maximum Gasteiger partial charge on any atom is 0.161 e. The highest BCUT2D eigenvalue weighted by Gasteiger charge is 2.22. The topological polar surface area (TPSA) is 43.3 Å². The van der Waals surface area contributed by atoms with E-state index in [1.54, 1.807) is 0 Å². The first-order valence-corrected chi connectivity index (χ1v) is 5.63. The highest BCUT2D eigenvalue weighted by Crippen LogP contribution is 2.31. The third kappa shape index (κ3) is 1.63. The van der Waals surface area contributed by atoms with Crippen LogP contribution in [0.5, 0.6) is 0 Å². The van der Waals surface area contributed by atoms with E-state index in [4.69, 9.17) is 5.73 Å². The molecule has 0 aromatic carbocycles. The number of hydrogen-bond acceptors (Lipinski definition) is 2. The highest BCUT2D eigenvalue weighted by molar-refractivity contribution is 9.10. The van der Waals surface area contributed by atoms with Gasteiger partial charge in [0, 0.05) is 11.6 Å². The van der Waals surface area contributed by atoms with Gasteiger partial charge in [0.1, 0.15) is 4.60 Å². The minimum atomic E-state index is 0.0112. The van der Waals surface area contributed by atoms with E-state index < -0.39 is 0 Å². The number of aromatic nitrogens is 2. The largest absolute Gasteiger partial charge is 0.396 e. The number of anilines is 1. The Balaban J connectivity index is 2.81. The second-order valence-electron chi connectivity index (χ2n) is 4.66. The molecule has 0 spiro atoms. The molecule has 3 nitrogen and oxygen atoms in total. The van der Waals surface area contributed by atoms with Crippen molar-refractivity contribution in [3.63, 3.8) is 0 Å². The van der Waals surface area contributed by atoms with Crippen LogP contribution in [-0.4, -0.2) is 9.38 Å². The van der Waals surface area contributed by atoms with E-state index in [0.717, 1.165) is 15.9 Å². The summed E-state index contributed by atoms with van der Waals surface area (Å²) < 4.78 is 2.95. The van der Waals surface area contributed by atoms with Gasteiger partial charge in [-0.3, -0.25) is 4.40 Å². The van der Waals surface area contributed by atoms with E-state index in [9.17, 15) is 0 Å². The summed E-state index contributed by atoms with van der Waals surface area (Å²) in [5, 5.41) is 0. The standard InChI is InChI=1S/C11H14BrN3/c1-11(2,3)8-9(12)15-6-4-5-7(13)10(15)14-8/h4-6H,13H2,1-3H3. The summed E-state index contributed by atoms with van der Waals surface area (Å²) >= 11 is 3.57. The fourth-order valence-corrected chi connectivity index (χ4v) is 2.51. The Labute approximate surface area is 97.4 Å². The third-order valence-corrected chi connectivity index (χ3v) is 3.09. The monoisotopic (exact) mass is 267 g/mol. The molecule has 0 bridgehead atoms. The smallest absolute Gasteiger partial charge is 0.161 e. The number of rotatable bonds is 0. The van der Waals surface area contributed by atoms with Crippen molar-refractivity contribution in [3.05, 3.63) is 28.6 Å². The van der Waals surface area contributed by atoms with Crippen LogP contribution in [0.25, 0.3) is 5.65 Å². The summed E-state index contributed by atoms with van der Waals surface area (Å²) in [4.78, 5) is 4.57. The van der Waals surface area contributed by atoms with Crippen LogP contribution in [0.15, 0.2) is 22.9 Å². The first-order chi connectivity index (χ1) is 6.91. The molecule has 2 N–H and O–H groups in total. The van der Waals surface area contributed by atoms with Crippen molar-refractivity contribution >= 4 is 27.3 Å². The van der Waals surface area contributed by atoms with Crippen LogP contribution in [0.1, 0.15) is 26.5 Å². The van der Waals surface area contributed by atoms with Crippen molar-refractivity contribution in [2.75, 3.05) is 5.73 Å². The van der Waals surface area contributed by atoms with Gasteiger partial charge in [0.05, 0.1) is 11.4 Å². The first kappa shape index (κ1) is 10.5. The molecule has 0 unspecified atom stereocenters. The lowest BCUT2D eigenvalue weighted by Gasteiger charge is -2.15. The second kappa shape index (κ2) is 3.23. The second-order valence-corrected chi connectivity index (χ2v) is 5.41. The zero-order valence-electron chi connectivity index (χ0n) is 9.08. The third-order valence-electron chi connectivity index (χ3n) is 2.33. The Kier molecular flexibility index (Phi) is 2.26. The van der Waals surface area contributed by atoms with Crippen LogP contribution in [0.2, 0.25) is 0 Å². The Morgan fingerprint density at radius 1 is 1.40 bits per heavy atom. The molecule has 0 fully saturated rings. The van der Waals surface area contributed by atoms with Crippen molar-refractivity contribution in [2.45, 2.75) is 26.2 Å². The molecule has 2 aromatic rings. The van der Waals surface area contributed by atoms with E-state index >= 15 is 0 Å². The molecule has 0 saturated carbocycles. The molecule has 0 saturated heterocycles. The Morgan fingerprint density at radius 3 is 2.60 bits per heavy atom. The molecule has 2 rings (SSSR count). The summed E-state index contributed by atoms with van der Waals surface area (Å²) in [5.41, 5.74) is 8.43. The summed E-state index contributed by atoms with van der Waals surface area (Å²) in [5.74, 6) is 0. The molecule has 2 aromatic heterocycles. The first-order valence-electron chi connectivity index (χ1n) is 4.84. The average Bonchev–Trinajstić information content (AvgIpc) is 2.45. The van der Waals surface area contributed by atoms with E-state index in [0.29, 0.717) is 5.69 Å². The van der Waals surface area contributed by atoms with Crippen molar-refractivity contribution in [1.29, 1.82) is 0 Å². The Bertz CT molecular complexity index is 508. The van der Waals surface area contributed by atoms with Crippen molar-refractivity contribution in [3.8, 4) is 0 Å². The summed E-state index contributed by atoms with van der Waals surface area (Å²) in [7, 11) is 0. The number of halogens is 1. The number of pyridine rings is 1. The van der Waals surface area contributed by atoms with Crippen molar-refractivity contribution in [1.82, 2.24) is 9.38 Å². The summed E-state index contributed by atoms with van der Waals surface area (Å²) in [6, 6.07) is 3.78. The number of imidazole rings is 1. The molecule has 0 atom stereocenters. The van der Waals surface area contributed by atoms with Crippen molar-refractivity contribution in [2.24, 2.45) is 0 Å². The zero-order valence-corrected chi connectivity index (χ0v) is 10.7. The summed E-state index contributed by atoms with van der Waals surface area (Å²) in [6.07, 6.45) is 1.96. The highest BCUT2D eigenvalue weighted by atomic mass is 79.9. The zero-order chi connectivity index (χ0) is 11.2. The Hall–Kier alpha value is -1.03. The number of nitrogens with two attached hydrogens (primary N) is 1. The van der Waals surface area contributed by atoms with E-state index in [-0.39, 0.29) is 5.41 Å². The van der Waals surface area contributed by atoms with Crippen LogP contribution in [0.4, 0.5) is 5.69 Å². The van der Waals surface area contributed by atoms with Crippen LogP contribution >= 0.6 is 15.9 Å². The van der Waals surface area contributed by atoms with E-state index in [1.165, 1.54) is 0 Å². The lowest BCUT2D eigenvalue weighted by molar-refractivity contribution is 0.569. The van der Waals surface area contributed by atoms with Crippen LogP contribution in [-0.2, 0) is 5.41 Å². The number of hydrogen-bond donors (Lipinski definition) is 1. The van der Waals surface area contributed by atoms with Gasteiger partial charge in [-0.15, -0.1) is 0 Å². The number of fused-ring (bicyclic) bond motifs is 1. The maximum absolute atomic E-state index is 5.88. The van der Waals surface area contributed by atoms with Crippen LogP contribution in [0, 0.1) is 0 Å². The van der Waals surface area contributed by atoms with E-state index in [1.807, 2.05) is 22.7 Å². The normalized spacial score (nSPS) is 12.3. The lowest BCUT2D eigenvalue weighted by atomic mass is 9.93. The predicted octanol–water partition coefficient (Wildman–Crippen LogP) is 2.98. The van der Waals surface area contributed by atoms with Gasteiger partial charge in [0.2, 0.25) is 0 Å². The number of nitrogens with zero attached hydrogens (tertiary/aromatic N) is 2. The van der Waals surface area contributed by atoms with Gasteiger partial charge in [-0.2, -0.15) is 0 Å². The van der Waals surface area contributed by atoms with Gasteiger partial charge in [0.15, 0.2) is 5.65 Å². The lowest BCUT2D eigenvalue weighted by Crippen LogP contribution is -2.12. The Morgan fingerprint density at radius 2 is 2.07 bits per heavy atom. The van der Waals surface area contributed by atoms with Crippen LogP contribution < -0.4 is 5.73 Å². The van der Waals surface area contributed by atoms with Gasteiger partial charge < -0.3 is 5.73 Å². The van der Waals surface area contributed by atoms with Gasteiger partial charge in [0.25, 0.3) is 0 Å². The van der Waals surface area contributed by atoms with Gasteiger partial charge in [-0.1, -0.05) is 20.8 Å². The van der Waals surface area contributed by atoms with Gasteiger partial charge >= 0.3 is 0 Å². The molecule has 2 heterocycles. The molecular weight excluding hydrogens is 254 g/mol. The fraction of sp³-hybridized carbons (Fsp3) is 0.364. The van der Waals surface area contributed by atoms with E-state index in [2.05, 4.69) is 41.7 Å². The quantitative estimate of drug-likeness (QED) is 0.798. The van der Waals surface area contributed by atoms with Crippen LogP contribution in [0.3, 0.4) is 0 Å². The minimum Gasteiger partial charge on any atom is -0.396 e. The molecule has 0 radical (unpaired) electrons. The van der Waals surface area contributed by atoms with Gasteiger partial charge in [-0.25, -0.2) is 4.98 Å². The molecule has 15 heavy (non-hydrogen) atoms. The molecule has 4 heteroatoms. The molecule has 0 aliphatic rings. The predicted molar refractivity (Wildman–Crippen MR) is 66.0 cm³/mol. The molecule has 0 aliphatic heterocycles. The molecule has 0 aliphatic carbocycles. The molecule has 80 valence electrons. The summed E-state index contributed by atoms with van der Waals surface area (Å²) in [6.45, 7) is 6.40. The molecule has 0 amide bonds. The number of nitrogen functional groups attached to an aromatic ring is 1. The SMILES string of the molecule is CC(C)(C)c1nc2c(N)cccn2c1Br. The fourth-order valence-electron chi connectivity index (χ4n) is 1.54. The minimum absolute atomic E-state index is 0.0112.